The van der Waals surface area contributed by atoms with Gasteiger partial charge in [0.15, 0.2) is 6.61 Å². The second kappa shape index (κ2) is 7.83. The van der Waals surface area contributed by atoms with Crippen LogP contribution in [0.2, 0.25) is 0 Å². The predicted molar refractivity (Wildman–Crippen MR) is 95.0 cm³/mol. The average Bonchev–Trinajstić information content (AvgIpc) is 3.08. The molecule has 0 unspecified atom stereocenters. The minimum atomic E-state index is 0.263. The molecule has 130 valence electrons. The van der Waals surface area contributed by atoms with E-state index in [0.29, 0.717) is 24.1 Å². The molecular weight excluding hydrogens is 316 g/mol. The Morgan fingerprint density at radius 1 is 0.960 bits per heavy atom. The summed E-state index contributed by atoms with van der Waals surface area (Å²) in [5.74, 6) is 3.12. The van der Waals surface area contributed by atoms with E-state index in [2.05, 4.69) is 30.1 Å². The number of para-hydroxylation sites is 1. The molecule has 0 radical (unpaired) electrons. The van der Waals surface area contributed by atoms with Gasteiger partial charge in [0.1, 0.15) is 11.5 Å². The van der Waals surface area contributed by atoms with Crippen molar-refractivity contribution in [2.45, 2.75) is 32.8 Å². The Bertz CT molecular complexity index is 810. The zero-order chi connectivity index (χ0) is 17.6. The quantitative estimate of drug-likeness (QED) is 0.640. The molecule has 1 aromatic heterocycles. The summed E-state index contributed by atoms with van der Waals surface area (Å²) in [6.07, 6.45) is 0.583. The van der Waals surface area contributed by atoms with E-state index in [0.717, 1.165) is 17.1 Å². The summed E-state index contributed by atoms with van der Waals surface area (Å²) in [4.78, 5) is 0. The van der Waals surface area contributed by atoms with Crippen molar-refractivity contribution in [3.8, 4) is 11.5 Å². The van der Waals surface area contributed by atoms with Gasteiger partial charge in [-0.1, -0.05) is 44.2 Å². The molecule has 0 fully saturated rings. The fourth-order valence-electron chi connectivity index (χ4n) is 2.56. The first kappa shape index (κ1) is 17.0. The van der Waals surface area contributed by atoms with E-state index in [9.17, 15) is 0 Å². The molecule has 2 aromatic carbocycles. The first-order valence-corrected chi connectivity index (χ1v) is 8.31. The highest BCUT2D eigenvalue weighted by molar-refractivity contribution is 5.35. The van der Waals surface area contributed by atoms with Crippen molar-refractivity contribution >= 4 is 0 Å². The highest BCUT2D eigenvalue weighted by Gasteiger charge is 2.11. The molecule has 0 aliphatic rings. The summed E-state index contributed by atoms with van der Waals surface area (Å²) in [6, 6.07) is 15.8. The van der Waals surface area contributed by atoms with Gasteiger partial charge >= 0.3 is 0 Å². The monoisotopic (exact) mass is 338 g/mol. The van der Waals surface area contributed by atoms with Crippen LogP contribution in [-0.4, -0.2) is 17.3 Å². The van der Waals surface area contributed by atoms with E-state index >= 15 is 0 Å². The van der Waals surface area contributed by atoms with Crippen LogP contribution < -0.4 is 9.47 Å². The molecule has 0 amide bonds. The molecule has 5 heteroatoms. The summed E-state index contributed by atoms with van der Waals surface area (Å²) in [6.45, 7) is 4.54. The molecular formula is C20H22N2O3. The Labute approximate surface area is 147 Å². The maximum Gasteiger partial charge on any atom is 0.253 e. The third-order valence-corrected chi connectivity index (χ3v) is 3.92. The summed E-state index contributed by atoms with van der Waals surface area (Å²) in [5, 5.41) is 8.17. The number of hydrogen-bond acceptors (Lipinski definition) is 5. The van der Waals surface area contributed by atoms with Crippen LogP contribution >= 0.6 is 0 Å². The first-order chi connectivity index (χ1) is 12.2. The van der Waals surface area contributed by atoms with Crippen LogP contribution in [0.4, 0.5) is 0 Å². The molecule has 0 saturated carbocycles. The van der Waals surface area contributed by atoms with Crippen molar-refractivity contribution in [1.82, 2.24) is 10.2 Å². The second-order valence-electron chi connectivity index (χ2n) is 6.10. The Hall–Kier alpha value is -2.82. The van der Waals surface area contributed by atoms with Gasteiger partial charge in [0.25, 0.3) is 5.89 Å². The smallest absolute Gasteiger partial charge is 0.253 e. The van der Waals surface area contributed by atoms with Gasteiger partial charge in [-0.05, 0) is 35.2 Å². The predicted octanol–water partition coefficient (Wildman–Crippen LogP) is 4.37. The minimum absolute atomic E-state index is 0.263. The molecule has 25 heavy (non-hydrogen) atoms. The lowest BCUT2D eigenvalue weighted by molar-refractivity contribution is 0.256. The standard InChI is InChI=1S/C20H22N2O3/c1-14(2)17-6-4-5-7-18(17)24-13-20-22-21-19(25-20)12-15-8-10-16(23-3)11-9-15/h4-11,14H,12-13H2,1-3H3. The highest BCUT2D eigenvalue weighted by atomic mass is 16.5. The molecule has 0 atom stereocenters. The lowest BCUT2D eigenvalue weighted by Crippen LogP contribution is -2.00. The molecule has 0 saturated heterocycles. The fourth-order valence-corrected chi connectivity index (χ4v) is 2.56. The van der Waals surface area contributed by atoms with Gasteiger partial charge in [-0.25, -0.2) is 0 Å². The van der Waals surface area contributed by atoms with Gasteiger partial charge in [0, 0.05) is 0 Å². The van der Waals surface area contributed by atoms with Crippen LogP contribution in [-0.2, 0) is 13.0 Å². The van der Waals surface area contributed by atoms with Gasteiger partial charge in [0.2, 0.25) is 5.89 Å². The zero-order valence-corrected chi connectivity index (χ0v) is 14.7. The maximum absolute atomic E-state index is 5.87. The highest BCUT2D eigenvalue weighted by Crippen LogP contribution is 2.26. The van der Waals surface area contributed by atoms with E-state index in [-0.39, 0.29) is 6.61 Å². The molecule has 0 spiro atoms. The zero-order valence-electron chi connectivity index (χ0n) is 14.7. The molecule has 1 heterocycles. The van der Waals surface area contributed by atoms with E-state index < -0.39 is 0 Å². The summed E-state index contributed by atoms with van der Waals surface area (Å²) in [7, 11) is 1.65. The number of methoxy groups -OCH3 is 1. The van der Waals surface area contributed by atoms with Gasteiger partial charge in [-0.15, -0.1) is 10.2 Å². The lowest BCUT2D eigenvalue weighted by Gasteiger charge is -2.12. The van der Waals surface area contributed by atoms with Crippen LogP contribution in [0.1, 0.15) is 42.7 Å². The number of aromatic nitrogens is 2. The molecule has 0 aliphatic carbocycles. The molecule has 0 aliphatic heterocycles. The normalized spacial score (nSPS) is 10.9. The third kappa shape index (κ3) is 4.38. The minimum Gasteiger partial charge on any atom is -0.497 e. The van der Waals surface area contributed by atoms with E-state index in [1.807, 2.05) is 42.5 Å². The van der Waals surface area contributed by atoms with Crippen molar-refractivity contribution in [1.29, 1.82) is 0 Å². The van der Waals surface area contributed by atoms with Gasteiger partial charge in [-0.3, -0.25) is 0 Å². The Morgan fingerprint density at radius 3 is 2.40 bits per heavy atom. The van der Waals surface area contributed by atoms with E-state index in [1.54, 1.807) is 7.11 Å². The number of rotatable bonds is 7. The number of ether oxygens (including phenoxy) is 2. The van der Waals surface area contributed by atoms with Crippen LogP contribution in [0, 0.1) is 0 Å². The number of hydrogen-bond donors (Lipinski definition) is 0. The Kier molecular flexibility index (Phi) is 5.33. The van der Waals surface area contributed by atoms with Crippen molar-refractivity contribution in [3.05, 3.63) is 71.4 Å². The first-order valence-electron chi connectivity index (χ1n) is 8.31. The second-order valence-corrected chi connectivity index (χ2v) is 6.10. The van der Waals surface area contributed by atoms with E-state index in [1.165, 1.54) is 5.56 Å². The Balaban J connectivity index is 1.62. The fraction of sp³-hybridized carbons (Fsp3) is 0.300. The van der Waals surface area contributed by atoms with Gasteiger partial charge in [0.05, 0.1) is 13.5 Å². The summed E-state index contributed by atoms with van der Waals surface area (Å²) < 4.78 is 16.7. The lowest BCUT2D eigenvalue weighted by atomic mass is 10.0. The van der Waals surface area contributed by atoms with Crippen LogP contribution in [0.25, 0.3) is 0 Å². The summed E-state index contributed by atoms with van der Waals surface area (Å²) in [5.41, 5.74) is 2.25. The molecule has 0 bridgehead atoms. The molecule has 3 aromatic rings. The number of benzene rings is 2. The average molecular weight is 338 g/mol. The SMILES string of the molecule is COc1ccc(Cc2nnc(COc3ccccc3C(C)C)o2)cc1. The summed E-state index contributed by atoms with van der Waals surface area (Å²) >= 11 is 0. The van der Waals surface area contributed by atoms with Gasteiger partial charge < -0.3 is 13.9 Å². The van der Waals surface area contributed by atoms with Crippen molar-refractivity contribution in [2.75, 3.05) is 7.11 Å². The van der Waals surface area contributed by atoms with Crippen LogP contribution in [0.5, 0.6) is 11.5 Å². The van der Waals surface area contributed by atoms with E-state index in [4.69, 9.17) is 13.9 Å². The van der Waals surface area contributed by atoms with Crippen molar-refractivity contribution < 1.29 is 13.9 Å². The molecule has 0 N–H and O–H groups in total. The number of nitrogens with zero attached hydrogens (tertiary/aromatic N) is 2. The largest absolute Gasteiger partial charge is 0.497 e. The van der Waals surface area contributed by atoms with Crippen LogP contribution in [0.15, 0.2) is 52.9 Å². The topological polar surface area (TPSA) is 57.4 Å². The van der Waals surface area contributed by atoms with Crippen molar-refractivity contribution in [2.24, 2.45) is 0 Å². The maximum atomic E-state index is 5.87. The molecule has 5 nitrogen and oxygen atoms in total. The molecule has 3 rings (SSSR count). The van der Waals surface area contributed by atoms with Crippen LogP contribution in [0.3, 0.4) is 0 Å². The third-order valence-electron chi connectivity index (χ3n) is 3.92. The Morgan fingerprint density at radius 2 is 1.68 bits per heavy atom. The van der Waals surface area contributed by atoms with Crippen molar-refractivity contribution in [3.63, 3.8) is 0 Å². The van der Waals surface area contributed by atoms with Gasteiger partial charge in [-0.2, -0.15) is 0 Å².